The molecule has 1 unspecified atom stereocenters. The maximum Gasteiger partial charge on any atom is 0.305 e. The average Bonchev–Trinajstić information content (AvgIpc) is 2.91. The molecule has 21 heavy (non-hydrogen) atoms. The van der Waals surface area contributed by atoms with E-state index in [2.05, 4.69) is 16.8 Å². The van der Waals surface area contributed by atoms with Gasteiger partial charge in [-0.15, -0.1) is 11.3 Å². The minimum Gasteiger partial charge on any atom is -0.466 e. The van der Waals surface area contributed by atoms with Gasteiger partial charge < -0.3 is 9.64 Å². The van der Waals surface area contributed by atoms with Crippen LogP contribution in [0.4, 0.5) is 0 Å². The first kappa shape index (κ1) is 16.4. The minimum atomic E-state index is -0.0627. The van der Waals surface area contributed by atoms with Crippen LogP contribution in [-0.4, -0.2) is 42.1 Å². The monoisotopic (exact) mass is 310 g/mol. The molecule has 4 nitrogen and oxygen atoms in total. The topological polar surface area (TPSA) is 42.4 Å². The molecule has 1 aromatic rings. The average molecular weight is 310 g/mol. The Bertz CT molecular complexity index is 447. The summed E-state index contributed by atoms with van der Waals surface area (Å²) in [5.74, 6) is 0.537. The van der Waals surface area contributed by atoms with Crippen LogP contribution in [0.25, 0.3) is 0 Å². The smallest absolute Gasteiger partial charge is 0.305 e. The van der Waals surface area contributed by atoms with Gasteiger partial charge in [0, 0.05) is 30.0 Å². The first-order valence-corrected chi connectivity index (χ1v) is 8.81. The molecule has 0 aliphatic carbocycles. The van der Waals surface area contributed by atoms with Crippen LogP contribution in [0.15, 0.2) is 6.20 Å². The highest BCUT2D eigenvalue weighted by atomic mass is 32.1. The summed E-state index contributed by atoms with van der Waals surface area (Å²) in [5.41, 5.74) is 0. The van der Waals surface area contributed by atoms with Gasteiger partial charge in [0.1, 0.15) is 0 Å². The molecule has 1 fully saturated rings. The maximum atomic E-state index is 11.3. The van der Waals surface area contributed by atoms with Crippen LogP contribution in [0.3, 0.4) is 0 Å². The molecule has 0 amide bonds. The normalized spacial score (nSPS) is 19.6. The number of aromatic nitrogens is 1. The molecular weight excluding hydrogens is 284 g/mol. The van der Waals surface area contributed by atoms with Crippen molar-refractivity contribution in [2.45, 2.75) is 51.9 Å². The zero-order valence-electron chi connectivity index (χ0n) is 13.1. The van der Waals surface area contributed by atoms with E-state index in [0.29, 0.717) is 18.9 Å². The number of thiazole rings is 1. The molecule has 118 valence electrons. The number of hydrogen-bond donors (Lipinski definition) is 0. The molecule has 5 heteroatoms. The largest absolute Gasteiger partial charge is 0.466 e. The second-order valence-corrected chi connectivity index (χ2v) is 6.98. The Morgan fingerprint density at radius 2 is 2.38 bits per heavy atom. The van der Waals surface area contributed by atoms with E-state index >= 15 is 0 Å². The quantitative estimate of drug-likeness (QED) is 0.572. The van der Waals surface area contributed by atoms with Crippen molar-refractivity contribution in [3.63, 3.8) is 0 Å². The molecule has 1 aliphatic heterocycles. The third kappa shape index (κ3) is 5.40. The van der Waals surface area contributed by atoms with Crippen LogP contribution in [0.2, 0.25) is 0 Å². The molecule has 0 radical (unpaired) electrons. The number of aryl methyl sites for hydroxylation is 1. The van der Waals surface area contributed by atoms with Crippen molar-refractivity contribution in [2.24, 2.45) is 0 Å². The van der Waals surface area contributed by atoms with Crippen molar-refractivity contribution < 1.29 is 9.53 Å². The first-order chi connectivity index (χ1) is 10.2. The molecule has 0 bridgehead atoms. The van der Waals surface area contributed by atoms with Gasteiger partial charge in [-0.25, -0.2) is 4.98 Å². The molecule has 0 saturated carbocycles. The summed E-state index contributed by atoms with van der Waals surface area (Å²) in [5, 5.41) is 1.30. The van der Waals surface area contributed by atoms with Crippen molar-refractivity contribution in [2.75, 3.05) is 26.2 Å². The van der Waals surface area contributed by atoms with Gasteiger partial charge >= 0.3 is 5.97 Å². The molecule has 1 saturated heterocycles. The lowest BCUT2D eigenvalue weighted by atomic mass is 9.98. The van der Waals surface area contributed by atoms with Crippen LogP contribution in [-0.2, 0) is 9.53 Å². The van der Waals surface area contributed by atoms with Crippen LogP contribution in [0.5, 0.6) is 0 Å². The van der Waals surface area contributed by atoms with Crippen molar-refractivity contribution in [1.29, 1.82) is 0 Å². The molecule has 1 aromatic heterocycles. The molecule has 0 aromatic carbocycles. The third-order valence-electron chi connectivity index (χ3n) is 3.90. The van der Waals surface area contributed by atoms with Gasteiger partial charge in [-0.05, 0) is 52.6 Å². The Hall–Kier alpha value is -0.940. The zero-order valence-corrected chi connectivity index (χ0v) is 14.0. The predicted octanol–water partition coefficient (Wildman–Crippen LogP) is 3.36. The van der Waals surface area contributed by atoms with Crippen LogP contribution in [0, 0.1) is 6.92 Å². The maximum absolute atomic E-state index is 11.3. The minimum absolute atomic E-state index is 0.0627. The fourth-order valence-corrected chi connectivity index (χ4v) is 3.76. The van der Waals surface area contributed by atoms with Crippen molar-refractivity contribution >= 4 is 17.3 Å². The number of carbonyl (C=O) groups is 1. The summed E-state index contributed by atoms with van der Waals surface area (Å²) in [4.78, 5) is 19.7. The Morgan fingerprint density at radius 3 is 3.10 bits per heavy atom. The third-order valence-corrected chi connectivity index (χ3v) is 4.98. The molecule has 0 spiro atoms. The molecule has 2 rings (SSSR count). The second-order valence-electron chi connectivity index (χ2n) is 5.71. The Balaban J connectivity index is 1.68. The Kier molecular flexibility index (Phi) is 6.64. The Labute approximate surface area is 131 Å². The lowest BCUT2D eigenvalue weighted by Gasteiger charge is -2.31. The van der Waals surface area contributed by atoms with E-state index in [1.807, 2.05) is 24.5 Å². The highest BCUT2D eigenvalue weighted by Gasteiger charge is 2.23. The number of rotatable bonds is 7. The number of ether oxygens (including phenoxy) is 1. The number of unbranched alkanes of at least 4 members (excludes halogenated alkanes) is 1. The molecule has 2 heterocycles. The van der Waals surface area contributed by atoms with E-state index in [0.717, 1.165) is 25.9 Å². The molecular formula is C16H26N2O2S. The van der Waals surface area contributed by atoms with Gasteiger partial charge in [0.2, 0.25) is 0 Å². The number of carbonyl (C=O) groups excluding carboxylic acids is 1. The zero-order chi connectivity index (χ0) is 15.1. The van der Waals surface area contributed by atoms with Gasteiger partial charge in [0.05, 0.1) is 11.6 Å². The number of esters is 1. The van der Waals surface area contributed by atoms with E-state index < -0.39 is 0 Å². The fourth-order valence-electron chi connectivity index (χ4n) is 2.86. The van der Waals surface area contributed by atoms with Gasteiger partial charge in [-0.2, -0.15) is 0 Å². The van der Waals surface area contributed by atoms with Crippen LogP contribution < -0.4 is 0 Å². The van der Waals surface area contributed by atoms with Gasteiger partial charge in [0.25, 0.3) is 0 Å². The second kappa shape index (κ2) is 8.49. The molecule has 1 atom stereocenters. The van der Waals surface area contributed by atoms with Gasteiger partial charge in [0.15, 0.2) is 0 Å². The van der Waals surface area contributed by atoms with E-state index in [9.17, 15) is 4.79 Å². The van der Waals surface area contributed by atoms with Crippen molar-refractivity contribution in [1.82, 2.24) is 9.88 Å². The summed E-state index contributed by atoms with van der Waals surface area (Å²) in [6.45, 7) is 7.84. The SMILES string of the molecule is CCOC(=O)CCCCN1CCCC(c2ncc(C)s2)C1. The fraction of sp³-hybridized carbons (Fsp3) is 0.750. The summed E-state index contributed by atoms with van der Waals surface area (Å²) >= 11 is 1.84. The molecule has 1 aliphatic rings. The van der Waals surface area contributed by atoms with Gasteiger partial charge in [-0.1, -0.05) is 0 Å². The van der Waals surface area contributed by atoms with E-state index in [-0.39, 0.29) is 5.97 Å². The highest BCUT2D eigenvalue weighted by molar-refractivity contribution is 7.11. The predicted molar refractivity (Wildman–Crippen MR) is 85.8 cm³/mol. The van der Waals surface area contributed by atoms with E-state index in [1.54, 1.807) is 0 Å². The number of piperidine rings is 1. The van der Waals surface area contributed by atoms with Crippen molar-refractivity contribution in [3.8, 4) is 0 Å². The number of nitrogens with zero attached hydrogens (tertiary/aromatic N) is 2. The van der Waals surface area contributed by atoms with Crippen LogP contribution >= 0.6 is 11.3 Å². The van der Waals surface area contributed by atoms with E-state index in [4.69, 9.17) is 4.74 Å². The van der Waals surface area contributed by atoms with E-state index in [1.165, 1.54) is 29.3 Å². The number of hydrogen-bond acceptors (Lipinski definition) is 5. The molecule has 0 N–H and O–H groups in total. The Morgan fingerprint density at radius 1 is 1.52 bits per heavy atom. The lowest BCUT2D eigenvalue weighted by molar-refractivity contribution is -0.143. The van der Waals surface area contributed by atoms with Gasteiger partial charge in [-0.3, -0.25) is 4.79 Å². The standard InChI is InChI=1S/C16H26N2O2S/c1-3-20-15(19)8-4-5-9-18-10-6-7-14(12-18)16-17-11-13(2)21-16/h11,14H,3-10,12H2,1-2H3. The first-order valence-electron chi connectivity index (χ1n) is 7.99. The summed E-state index contributed by atoms with van der Waals surface area (Å²) in [6.07, 6.45) is 7.04. The van der Waals surface area contributed by atoms with Crippen molar-refractivity contribution in [3.05, 3.63) is 16.1 Å². The number of likely N-dealkylation sites (tertiary alicyclic amines) is 1. The summed E-state index contributed by atoms with van der Waals surface area (Å²) in [7, 11) is 0. The summed E-state index contributed by atoms with van der Waals surface area (Å²) in [6, 6.07) is 0. The van der Waals surface area contributed by atoms with Crippen LogP contribution in [0.1, 0.15) is 54.8 Å². The highest BCUT2D eigenvalue weighted by Crippen LogP contribution is 2.29. The summed E-state index contributed by atoms with van der Waals surface area (Å²) < 4.78 is 4.95. The lowest BCUT2D eigenvalue weighted by Crippen LogP contribution is -2.35.